The molecule has 0 saturated heterocycles. The molecule has 0 bridgehead atoms. The number of nitrogens with two attached hydrogens (primary N) is 1. The Morgan fingerprint density at radius 2 is 1.79 bits per heavy atom. The minimum atomic E-state index is -0.531. The molecule has 0 aliphatic rings. The lowest BCUT2D eigenvalue weighted by atomic mass is 10.1. The average Bonchev–Trinajstić information content (AvgIpc) is 2.65. The van der Waals surface area contributed by atoms with Gasteiger partial charge in [0.1, 0.15) is 0 Å². The summed E-state index contributed by atoms with van der Waals surface area (Å²) >= 11 is 0. The molecule has 2 aromatic rings. The standard InChI is InChI=1S/C21H24N4O3/c1-14(22)21(15(2)24-18-9-4-3-5-10-18)25-19(26)13-28-20(27)12-16-7-6-8-17(23)11-16/h3-11,22,24H,12-13,23H2,1-2H3,(H,25,26)/b21-15+,22-14?. The summed E-state index contributed by atoms with van der Waals surface area (Å²) in [6.45, 7) is 2.89. The molecule has 1 amide bonds. The van der Waals surface area contributed by atoms with Crippen molar-refractivity contribution in [2.24, 2.45) is 0 Å². The third-order valence-corrected chi connectivity index (χ3v) is 3.78. The van der Waals surface area contributed by atoms with Crippen LogP contribution in [0.4, 0.5) is 11.4 Å². The number of anilines is 2. The summed E-state index contributed by atoms with van der Waals surface area (Å²) in [7, 11) is 0. The Hall–Kier alpha value is -3.61. The van der Waals surface area contributed by atoms with Gasteiger partial charge in [-0.25, -0.2) is 0 Å². The number of rotatable bonds is 8. The fraction of sp³-hybridized carbons (Fsp3) is 0.190. The van der Waals surface area contributed by atoms with E-state index in [0.717, 1.165) is 5.69 Å². The highest BCUT2D eigenvalue weighted by Gasteiger charge is 2.13. The van der Waals surface area contributed by atoms with Crippen LogP contribution in [0.25, 0.3) is 0 Å². The van der Waals surface area contributed by atoms with Gasteiger partial charge in [0, 0.05) is 17.1 Å². The molecule has 7 heteroatoms. The summed E-state index contributed by atoms with van der Waals surface area (Å²) in [5.41, 5.74) is 8.90. The molecule has 0 spiro atoms. The number of ether oxygens (including phenoxy) is 1. The molecule has 28 heavy (non-hydrogen) atoms. The zero-order chi connectivity index (χ0) is 20.5. The van der Waals surface area contributed by atoms with Gasteiger partial charge < -0.3 is 26.5 Å². The first-order valence-corrected chi connectivity index (χ1v) is 8.73. The highest BCUT2D eigenvalue weighted by Crippen LogP contribution is 2.11. The van der Waals surface area contributed by atoms with Gasteiger partial charge in [0.2, 0.25) is 0 Å². The number of carbonyl (C=O) groups is 2. The van der Waals surface area contributed by atoms with Gasteiger partial charge in [-0.1, -0.05) is 30.3 Å². The van der Waals surface area contributed by atoms with Crippen molar-refractivity contribution in [3.63, 3.8) is 0 Å². The Labute approximate surface area is 164 Å². The van der Waals surface area contributed by atoms with Gasteiger partial charge in [-0.05, 0) is 43.7 Å². The largest absolute Gasteiger partial charge is 0.455 e. The molecule has 146 valence electrons. The SMILES string of the molecule is CC(=N)/C(NC(=O)COC(=O)Cc1cccc(N)c1)=C(/C)Nc1ccccc1. The molecule has 5 N–H and O–H groups in total. The quantitative estimate of drug-likeness (QED) is 0.319. The molecule has 0 radical (unpaired) electrons. The number of carbonyl (C=O) groups excluding carboxylic acids is 2. The second kappa shape index (κ2) is 9.91. The normalized spacial score (nSPS) is 11.2. The molecule has 0 unspecified atom stereocenters. The summed E-state index contributed by atoms with van der Waals surface area (Å²) in [4.78, 5) is 24.1. The zero-order valence-corrected chi connectivity index (χ0v) is 15.9. The summed E-state index contributed by atoms with van der Waals surface area (Å²) in [5, 5.41) is 13.7. The van der Waals surface area contributed by atoms with Crippen molar-refractivity contribution >= 4 is 29.0 Å². The first kappa shape index (κ1) is 20.7. The van der Waals surface area contributed by atoms with Crippen LogP contribution < -0.4 is 16.4 Å². The number of nitrogen functional groups attached to an aromatic ring is 1. The van der Waals surface area contributed by atoms with Crippen LogP contribution in [0.15, 0.2) is 66.0 Å². The lowest BCUT2D eigenvalue weighted by molar-refractivity contribution is -0.147. The Kier molecular flexibility index (Phi) is 7.33. The number of benzene rings is 2. The number of amides is 1. The summed E-state index contributed by atoms with van der Waals surface area (Å²) in [6.07, 6.45) is 0.0270. The third kappa shape index (κ3) is 6.60. The van der Waals surface area contributed by atoms with Crippen LogP contribution >= 0.6 is 0 Å². The lowest BCUT2D eigenvalue weighted by Gasteiger charge is -2.15. The molecular weight excluding hydrogens is 356 g/mol. The second-order valence-corrected chi connectivity index (χ2v) is 6.25. The van der Waals surface area contributed by atoms with Crippen LogP contribution in [0.2, 0.25) is 0 Å². The molecule has 0 fully saturated rings. The van der Waals surface area contributed by atoms with Crippen LogP contribution in [-0.4, -0.2) is 24.2 Å². The number of hydrogen-bond acceptors (Lipinski definition) is 6. The molecule has 0 aliphatic heterocycles. The van der Waals surface area contributed by atoms with Gasteiger partial charge in [-0.2, -0.15) is 0 Å². The maximum Gasteiger partial charge on any atom is 0.310 e. The Morgan fingerprint density at radius 3 is 2.43 bits per heavy atom. The van der Waals surface area contributed by atoms with Crippen LogP contribution in [-0.2, 0) is 20.7 Å². The minimum Gasteiger partial charge on any atom is -0.455 e. The first-order chi connectivity index (χ1) is 13.3. The number of para-hydroxylation sites is 1. The average molecular weight is 380 g/mol. The topological polar surface area (TPSA) is 117 Å². The Bertz CT molecular complexity index is 892. The van der Waals surface area contributed by atoms with E-state index >= 15 is 0 Å². The van der Waals surface area contributed by atoms with E-state index in [1.165, 1.54) is 0 Å². The van der Waals surface area contributed by atoms with Crippen molar-refractivity contribution in [1.82, 2.24) is 5.32 Å². The number of hydrogen-bond donors (Lipinski definition) is 4. The lowest BCUT2D eigenvalue weighted by Crippen LogP contribution is -2.32. The molecule has 7 nitrogen and oxygen atoms in total. The molecule has 0 aromatic heterocycles. The van der Waals surface area contributed by atoms with E-state index in [1.807, 2.05) is 30.3 Å². The first-order valence-electron chi connectivity index (χ1n) is 8.73. The van der Waals surface area contributed by atoms with Crippen LogP contribution in [0.1, 0.15) is 19.4 Å². The van der Waals surface area contributed by atoms with E-state index in [9.17, 15) is 9.59 Å². The van der Waals surface area contributed by atoms with Gasteiger partial charge in [-0.3, -0.25) is 9.59 Å². The molecule has 0 heterocycles. The molecular formula is C21H24N4O3. The van der Waals surface area contributed by atoms with Crippen LogP contribution in [0.3, 0.4) is 0 Å². The van der Waals surface area contributed by atoms with Crippen molar-refractivity contribution in [2.75, 3.05) is 17.7 Å². The van der Waals surface area contributed by atoms with Crippen molar-refractivity contribution < 1.29 is 14.3 Å². The van der Waals surface area contributed by atoms with E-state index in [1.54, 1.807) is 38.1 Å². The molecule has 2 rings (SSSR count). The van der Waals surface area contributed by atoms with Crippen LogP contribution in [0, 0.1) is 5.41 Å². The summed E-state index contributed by atoms with van der Waals surface area (Å²) in [6, 6.07) is 16.3. The highest BCUT2D eigenvalue weighted by atomic mass is 16.5. The Morgan fingerprint density at radius 1 is 1.07 bits per heavy atom. The molecule has 0 aliphatic carbocycles. The third-order valence-electron chi connectivity index (χ3n) is 3.78. The fourth-order valence-electron chi connectivity index (χ4n) is 2.51. The van der Waals surface area contributed by atoms with E-state index in [2.05, 4.69) is 10.6 Å². The second-order valence-electron chi connectivity index (χ2n) is 6.25. The number of esters is 1. The maximum atomic E-state index is 12.2. The molecule has 0 atom stereocenters. The van der Waals surface area contributed by atoms with Gasteiger partial charge in [0.25, 0.3) is 5.91 Å². The van der Waals surface area contributed by atoms with E-state index in [0.29, 0.717) is 22.6 Å². The van der Waals surface area contributed by atoms with Crippen molar-refractivity contribution in [3.05, 3.63) is 71.6 Å². The van der Waals surface area contributed by atoms with Gasteiger partial charge in [0.15, 0.2) is 6.61 Å². The summed E-state index contributed by atoms with van der Waals surface area (Å²) < 4.78 is 5.02. The predicted octanol–water partition coefficient (Wildman–Crippen LogP) is 2.85. The number of allylic oxidation sites excluding steroid dienone is 2. The number of nitrogens with one attached hydrogen (secondary N) is 3. The van der Waals surface area contributed by atoms with E-state index in [4.69, 9.17) is 15.9 Å². The fourth-order valence-corrected chi connectivity index (χ4v) is 2.51. The van der Waals surface area contributed by atoms with Crippen LogP contribution in [0.5, 0.6) is 0 Å². The minimum absolute atomic E-state index is 0.0270. The van der Waals surface area contributed by atoms with Gasteiger partial charge in [0.05, 0.1) is 17.8 Å². The van der Waals surface area contributed by atoms with Gasteiger partial charge in [-0.15, -0.1) is 0 Å². The van der Waals surface area contributed by atoms with Crippen molar-refractivity contribution in [1.29, 1.82) is 5.41 Å². The smallest absolute Gasteiger partial charge is 0.310 e. The molecule has 2 aromatic carbocycles. The highest BCUT2D eigenvalue weighted by molar-refractivity contribution is 6.00. The maximum absolute atomic E-state index is 12.2. The molecule has 0 saturated carbocycles. The van der Waals surface area contributed by atoms with Crippen molar-refractivity contribution in [2.45, 2.75) is 20.3 Å². The monoisotopic (exact) mass is 380 g/mol. The van der Waals surface area contributed by atoms with Gasteiger partial charge >= 0.3 is 5.97 Å². The predicted molar refractivity (Wildman–Crippen MR) is 110 cm³/mol. The van der Waals surface area contributed by atoms with E-state index < -0.39 is 18.5 Å². The zero-order valence-electron chi connectivity index (χ0n) is 15.9. The summed E-state index contributed by atoms with van der Waals surface area (Å²) in [5.74, 6) is -1.05. The van der Waals surface area contributed by atoms with Crippen molar-refractivity contribution in [3.8, 4) is 0 Å². The Balaban J connectivity index is 1.92. The van der Waals surface area contributed by atoms with E-state index in [-0.39, 0.29) is 12.1 Å².